The Bertz CT molecular complexity index is 519. The Labute approximate surface area is 126 Å². The van der Waals surface area contributed by atoms with Gasteiger partial charge in [-0.2, -0.15) is 0 Å². The predicted molar refractivity (Wildman–Crippen MR) is 84.2 cm³/mol. The third kappa shape index (κ3) is 4.77. The molecule has 2 aromatic rings. The summed E-state index contributed by atoms with van der Waals surface area (Å²) in [6.45, 7) is 1.51. The van der Waals surface area contributed by atoms with Crippen LogP contribution in [0.4, 0.5) is 5.69 Å². The van der Waals surface area contributed by atoms with Crippen LogP contribution in [-0.2, 0) is 0 Å². The highest BCUT2D eigenvalue weighted by Crippen LogP contribution is 2.25. The fourth-order valence-corrected chi connectivity index (χ4v) is 2.18. The van der Waals surface area contributed by atoms with Gasteiger partial charge in [0.1, 0.15) is 5.75 Å². The molecule has 0 heterocycles. The van der Waals surface area contributed by atoms with Crippen LogP contribution in [0.5, 0.6) is 5.75 Å². The molecule has 0 bridgehead atoms. The second-order valence-electron chi connectivity index (χ2n) is 4.07. The third-order valence-electron chi connectivity index (χ3n) is 2.58. The van der Waals surface area contributed by atoms with Crippen LogP contribution in [0, 0.1) is 0 Å². The lowest BCUT2D eigenvalue weighted by molar-refractivity contribution is 0.315. The first-order valence-corrected chi connectivity index (χ1v) is 7.29. The lowest BCUT2D eigenvalue weighted by atomic mass is 10.3. The van der Waals surface area contributed by atoms with Crippen LogP contribution < -0.4 is 10.1 Å². The molecule has 0 unspecified atom stereocenters. The Morgan fingerprint density at radius 1 is 1.11 bits per heavy atom. The molecule has 4 heteroatoms. The number of hydrogen-bond donors (Lipinski definition) is 1. The highest BCUT2D eigenvalue weighted by atomic mass is 79.9. The van der Waals surface area contributed by atoms with Gasteiger partial charge >= 0.3 is 0 Å². The predicted octanol–water partition coefficient (Wildman–Crippen LogP) is 4.98. The van der Waals surface area contributed by atoms with Gasteiger partial charge in [-0.3, -0.25) is 0 Å². The highest BCUT2D eigenvalue weighted by molar-refractivity contribution is 9.10. The first kappa shape index (κ1) is 14.2. The smallest absolute Gasteiger partial charge is 0.119 e. The number of halogens is 2. The quantitative estimate of drug-likeness (QED) is 0.749. The van der Waals surface area contributed by atoms with Crippen molar-refractivity contribution in [1.29, 1.82) is 0 Å². The van der Waals surface area contributed by atoms with Crippen molar-refractivity contribution >= 4 is 33.2 Å². The molecule has 0 atom stereocenters. The van der Waals surface area contributed by atoms with E-state index in [1.165, 1.54) is 0 Å². The van der Waals surface area contributed by atoms with Gasteiger partial charge in [-0.05, 0) is 36.8 Å². The minimum absolute atomic E-state index is 0.683. The van der Waals surface area contributed by atoms with Gasteiger partial charge in [0, 0.05) is 11.0 Å². The Morgan fingerprint density at radius 2 is 1.89 bits per heavy atom. The van der Waals surface area contributed by atoms with Crippen molar-refractivity contribution in [2.75, 3.05) is 18.5 Å². The number of para-hydroxylation sites is 1. The molecule has 0 fully saturated rings. The van der Waals surface area contributed by atoms with Gasteiger partial charge in [0.2, 0.25) is 0 Å². The Morgan fingerprint density at radius 3 is 2.68 bits per heavy atom. The van der Waals surface area contributed by atoms with E-state index >= 15 is 0 Å². The molecule has 0 aliphatic rings. The molecule has 0 radical (unpaired) electrons. The van der Waals surface area contributed by atoms with Crippen molar-refractivity contribution in [3.63, 3.8) is 0 Å². The van der Waals surface area contributed by atoms with Gasteiger partial charge < -0.3 is 10.1 Å². The summed E-state index contributed by atoms with van der Waals surface area (Å²) in [5, 5.41) is 4.03. The molecular weight excluding hydrogens is 326 g/mol. The molecule has 0 spiro atoms. The van der Waals surface area contributed by atoms with Crippen LogP contribution in [0.25, 0.3) is 0 Å². The van der Waals surface area contributed by atoms with Crippen LogP contribution in [0.15, 0.2) is 53.0 Å². The van der Waals surface area contributed by atoms with Crippen LogP contribution in [-0.4, -0.2) is 13.2 Å². The minimum Gasteiger partial charge on any atom is -0.494 e. The van der Waals surface area contributed by atoms with Gasteiger partial charge in [0.15, 0.2) is 0 Å². The topological polar surface area (TPSA) is 21.3 Å². The summed E-state index contributed by atoms with van der Waals surface area (Å²) in [7, 11) is 0. The molecule has 0 saturated carbocycles. The van der Waals surface area contributed by atoms with Crippen molar-refractivity contribution < 1.29 is 4.74 Å². The zero-order chi connectivity index (χ0) is 13.5. The van der Waals surface area contributed by atoms with Crippen molar-refractivity contribution in [2.45, 2.75) is 6.42 Å². The van der Waals surface area contributed by atoms with Gasteiger partial charge in [-0.1, -0.05) is 45.7 Å². The molecule has 0 aliphatic heterocycles. The SMILES string of the molecule is Clc1ccc(Br)cc1NCCCOc1ccccc1. The van der Waals surface area contributed by atoms with Crippen LogP contribution >= 0.6 is 27.5 Å². The average molecular weight is 341 g/mol. The average Bonchev–Trinajstić information content (AvgIpc) is 2.43. The molecule has 2 rings (SSSR count). The molecule has 2 aromatic carbocycles. The standard InChI is InChI=1S/C15H15BrClNO/c16-12-7-8-14(17)15(11-12)18-9-4-10-19-13-5-2-1-3-6-13/h1-3,5-8,11,18H,4,9-10H2. The van der Waals surface area contributed by atoms with E-state index < -0.39 is 0 Å². The van der Waals surface area contributed by atoms with E-state index in [-0.39, 0.29) is 0 Å². The monoisotopic (exact) mass is 339 g/mol. The molecular formula is C15H15BrClNO. The van der Waals surface area contributed by atoms with Crippen molar-refractivity contribution in [3.8, 4) is 5.75 Å². The molecule has 0 aromatic heterocycles. The van der Waals surface area contributed by atoms with Crippen LogP contribution in [0.1, 0.15) is 6.42 Å². The maximum Gasteiger partial charge on any atom is 0.119 e. The van der Waals surface area contributed by atoms with E-state index in [0.29, 0.717) is 6.61 Å². The van der Waals surface area contributed by atoms with Gasteiger partial charge in [0.05, 0.1) is 17.3 Å². The summed E-state index contributed by atoms with van der Waals surface area (Å²) >= 11 is 9.52. The summed E-state index contributed by atoms with van der Waals surface area (Å²) in [4.78, 5) is 0. The zero-order valence-corrected chi connectivity index (χ0v) is 12.7. The fourth-order valence-electron chi connectivity index (χ4n) is 1.63. The highest BCUT2D eigenvalue weighted by Gasteiger charge is 2.00. The van der Waals surface area contributed by atoms with Crippen LogP contribution in [0.2, 0.25) is 5.02 Å². The second-order valence-corrected chi connectivity index (χ2v) is 5.39. The summed E-state index contributed by atoms with van der Waals surface area (Å²) < 4.78 is 6.63. The molecule has 19 heavy (non-hydrogen) atoms. The number of hydrogen-bond acceptors (Lipinski definition) is 2. The maximum absolute atomic E-state index is 6.09. The Hall–Kier alpha value is -1.19. The number of nitrogens with one attached hydrogen (secondary N) is 1. The Kier molecular flexibility index (Phi) is 5.55. The third-order valence-corrected chi connectivity index (χ3v) is 3.40. The largest absolute Gasteiger partial charge is 0.494 e. The normalized spacial score (nSPS) is 10.2. The maximum atomic E-state index is 6.09. The van der Waals surface area contributed by atoms with E-state index in [9.17, 15) is 0 Å². The lowest BCUT2D eigenvalue weighted by Gasteiger charge is -2.09. The second kappa shape index (κ2) is 7.41. The number of rotatable bonds is 6. The molecule has 100 valence electrons. The van der Waals surface area contributed by atoms with Crippen LogP contribution in [0.3, 0.4) is 0 Å². The van der Waals surface area contributed by atoms with E-state index in [0.717, 1.165) is 33.9 Å². The summed E-state index contributed by atoms with van der Waals surface area (Å²) in [6.07, 6.45) is 0.914. The fraction of sp³-hybridized carbons (Fsp3) is 0.200. The van der Waals surface area contributed by atoms with E-state index in [1.807, 2.05) is 48.5 Å². The zero-order valence-electron chi connectivity index (χ0n) is 10.4. The molecule has 0 aliphatic carbocycles. The van der Waals surface area contributed by atoms with Crippen molar-refractivity contribution in [1.82, 2.24) is 0 Å². The number of anilines is 1. The van der Waals surface area contributed by atoms with E-state index in [1.54, 1.807) is 0 Å². The summed E-state index contributed by atoms with van der Waals surface area (Å²) in [6, 6.07) is 15.6. The van der Waals surface area contributed by atoms with E-state index in [2.05, 4.69) is 21.2 Å². The lowest BCUT2D eigenvalue weighted by Crippen LogP contribution is -2.07. The van der Waals surface area contributed by atoms with Gasteiger partial charge in [0.25, 0.3) is 0 Å². The minimum atomic E-state index is 0.683. The first-order chi connectivity index (χ1) is 9.25. The van der Waals surface area contributed by atoms with Crippen molar-refractivity contribution in [3.05, 3.63) is 58.0 Å². The van der Waals surface area contributed by atoms with E-state index in [4.69, 9.17) is 16.3 Å². The molecule has 0 saturated heterocycles. The van der Waals surface area contributed by atoms with Crippen molar-refractivity contribution in [2.24, 2.45) is 0 Å². The Balaban J connectivity index is 1.71. The molecule has 0 amide bonds. The molecule has 1 N–H and O–H groups in total. The summed E-state index contributed by atoms with van der Waals surface area (Å²) in [5.41, 5.74) is 0.941. The van der Waals surface area contributed by atoms with Gasteiger partial charge in [-0.15, -0.1) is 0 Å². The van der Waals surface area contributed by atoms with Gasteiger partial charge in [-0.25, -0.2) is 0 Å². The first-order valence-electron chi connectivity index (χ1n) is 6.12. The number of benzene rings is 2. The number of ether oxygens (including phenoxy) is 1. The molecule has 2 nitrogen and oxygen atoms in total. The summed E-state index contributed by atoms with van der Waals surface area (Å²) in [5.74, 6) is 0.906.